The molecule has 1 saturated heterocycles. The van der Waals surface area contributed by atoms with Crippen LogP contribution in [0.25, 0.3) is 0 Å². The maximum absolute atomic E-state index is 12.4. The minimum atomic E-state index is -0.810. The van der Waals surface area contributed by atoms with Gasteiger partial charge in [0.2, 0.25) is 0 Å². The van der Waals surface area contributed by atoms with Gasteiger partial charge in [-0.15, -0.1) is 0 Å². The molecule has 2 rings (SSSR count). The van der Waals surface area contributed by atoms with E-state index in [1.165, 1.54) is 7.11 Å². The first-order valence-corrected chi connectivity index (χ1v) is 7.10. The van der Waals surface area contributed by atoms with Crippen LogP contribution in [0.15, 0.2) is 24.3 Å². The fourth-order valence-electron chi connectivity index (χ4n) is 3.08. The Morgan fingerprint density at radius 1 is 1.50 bits per heavy atom. The van der Waals surface area contributed by atoms with E-state index in [1.54, 1.807) is 0 Å². The Balaban J connectivity index is 2.41. The Labute approximate surface area is 120 Å². The van der Waals surface area contributed by atoms with Gasteiger partial charge in [-0.3, -0.25) is 4.79 Å². The second kappa shape index (κ2) is 6.37. The van der Waals surface area contributed by atoms with Crippen molar-refractivity contribution in [1.29, 1.82) is 0 Å². The van der Waals surface area contributed by atoms with E-state index in [4.69, 9.17) is 15.2 Å². The van der Waals surface area contributed by atoms with Gasteiger partial charge in [-0.05, 0) is 37.3 Å². The van der Waals surface area contributed by atoms with Gasteiger partial charge in [0.05, 0.1) is 13.2 Å². The molecule has 2 unspecified atom stereocenters. The number of carbonyl (C=O) groups excluding carboxylic acids is 1. The van der Waals surface area contributed by atoms with Crippen LogP contribution in [-0.2, 0) is 19.7 Å². The Morgan fingerprint density at radius 2 is 2.25 bits per heavy atom. The Kier molecular flexibility index (Phi) is 4.78. The first-order valence-electron chi connectivity index (χ1n) is 7.10. The van der Waals surface area contributed by atoms with E-state index in [9.17, 15) is 4.79 Å². The molecule has 0 spiro atoms. The number of aryl methyl sites for hydroxylation is 1. The number of hydrogen-bond acceptors (Lipinski definition) is 4. The number of benzene rings is 1. The quantitative estimate of drug-likeness (QED) is 0.835. The fraction of sp³-hybridized carbons (Fsp3) is 0.562. The van der Waals surface area contributed by atoms with Crippen LogP contribution in [0, 0.1) is 6.92 Å². The molecule has 0 saturated carbocycles. The number of hydrogen-bond donors (Lipinski definition) is 1. The molecular weight excluding hydrogens is 254 g/mol. The van der Waals surface area contributed by atoms with Crippen LogP contribution in [0.2, 0.25) is 0 Å². The zero-order chi connectivity index (χ0) is 14.6. The number of ether oxygens (including phenoxy) is 2. The third-order valence-corrected chi connectivity index (χ3v) is 4.19. The highest BCUT2D eigenvalue weighted by Crippen LogP contribution is 2.35. The van der Waals surface area contributed by atoms with E-state index in [0.29, 0.717) is 6.42 Å². The van der Waals surface area contributed by atoms with Crippen molar-refractivity contribution in [3.63, 3.8) is 0 Å². The van der Waals surface area contributed by atoms with E-state index in [2.05, 4.69) is 0 Å². The summed E-state index contributed by atoms with van der Waals surface area (Å²) in [6.07, 6.45) is 2.68. The van der Waals surface area contributed by atoms with Crippen molar-refractivity contribution >= 4 is 5.97 Å². The van der Waals surface area contributed by atoms with E-state index < -0.39 is 5.41 Å². The molecule has 2 atom stereocenters. The highest BCUT2D eigenvalue weighted by atomic mass is 16.5. The van der Waals surface area contributed by atoms with Crippen LogP contribution in [-0.4, -0.2) is 32.3 Å². The third kappa shape index (κ3) is 2.72. The third-order valence-electron chi connectivity index (χ3n) is 4.19. The van der Waals surface area contributed by atoms with Gasteiger partial charge in [0, 0.05) is 13.2 Å². The summed E-state index contributed by atoms with van der Waals surface area (Å²) in [6, 6.07) is 7.86. The highest BCUT2D eigenvalue weighted by molar-refractivity contribution is 5.84. The number of carbonyl (C=O) groups is 1. The minimum absolute atomic E-state index is 0.0808. The SMILES string of the molecule is COC(=O)C(CN)(CC1CCCO1)c1ccccc1C. The Hall–Kier alpha value is -1.39. The summed E-state index contributed by atoms with van der Waals surface area (Å²) in [4.78, 5) is 12.4. The summed E-state index contributed by atoms with van der Waals surface area (Å²) in [5.41, 5.74) is 7.20. The van der Waals surface area contributed by atoms with Gasteiger partial charge < -0.3 is 15.2 Å². The average molecular weight is 277 g/mol. The predicted octanol–water partition coefficient (Wildman–Crippen LogP) is 1.93. The van der Waals surface area contributed by atoms with Crippen molar-refractivity contribution in [2.45, 2.75) is 37.7 Å². The van der Waals surface area contributed by atoms with Crippen LogP contribution >= 0.6 is 0 Å². The fourth-order valence-corrected chi connectivity index (χ4v) is 3.08. The normalized spacial score (nSPS) is 21.4. The molecule has 1 heterocycles. The number of rotatable bonds is 5. The molecule has 1 aromatic rings. The van der Waals surface area contributed by atoms with E-state index in [1.807, 2.05) is 31.2 Å². The molecule has 0 amide bonds. The molecule has 1 aliphatic rings. The van der Waals surface area contributed by atoms with Crippen LogP contribution < -0.4 is 5.73 Å². The molecular formula is C16H23NO3. The predicted molar refractivity (Wildman–Crippen MR) is 77.5 cm³/mol. The highest BCUT2D eigenvalue weighted by Gasteiger charge is 2.43. The number of methoxy groups -OCH3 is 1. The van der Waals surface area contributed by atoms with Gasteiger partial charge in [0.25, 0.3) is 0 Å². The zero-order valence-corrected chi connectivity index (χ0v) is 12.2. The van der Waals surface area contributed by atoms with E-state index >= 15 is 0 Å². The van der Waals surface area contributed by atoms with Crippen LogP contribution in [0.4, 0.5) is 0 Å². The molecule has 20 heavy (non-hydrogen) atoms. The average Bonchev–Trinajstić information content (AvgIpc) is 2.97. The summed E-state index contributed by atoms with van der Waals surface area (Å²) in [6.45, 7) is 2.99. The molecule has 0 aromatic heterocycles. The number of nitrogens with two attached hydrogens (primary N) is 1. The lowest BCUT2D eigenvalue weighted by Crippen LogP contribution is -2.46. The molecule has 4 nitrogen and oxygen atoms in total. The van der Waals surface area contributed by atoms with Gasteiger partial charge in [0.1, 0.15) is 5.41 Å². The topological polar surface area (TPSA) is 61.5 Å². The second-order valence-corrected chi connectivity index (χ2v) is 5.43. The summed E-state index contributed by atoms with van der Waals surface area (Å²) in [5.74, 6) is -0.273. The maximum atomic E-state index is 12.4. The van der Waals surface area contributed by atoms with Crippen molar-refractivity contribution in [2.75, 3.05) is 20.3 Å². The van der Waals surface area contributed by atoms with Crippen molar-refractivity contribution in [2.24, 2.45) is 5.73 Å². The summed E-state index contributed by atoms with van der Waals surface area (Å²) in [7, 11) is 1.42. The number of esters is 1. The van der Waals surface area contributed by atoms with Crippen LogP contribution in [0.3, 0.4) is 0 Å². The van der Waals surface area contributed by atoms with Gasteiger partial charge in [0.15, 0.2) is 0 Å². The molecule has 4 heteroatoms. The monoisotopic (exact) mass is 277 g/mol. The van der Waals surface area contributed by atoms with Gasteiger partial charge in [-0.25, -0.2) is 0 Å². The first kappa shape index (κ1) is 15.0. The molecule has 0 bridgehead atoms. The van der Waals surface area contributed by atoms with Crippen molar-refractivity contribution < 1.29 is 14.3 Å². The minimum Gasteiger partial charge on any atom is -0.468 e. The van der Waals surface area contributed by atoms with Crippen molar-refractivity contribution in [1.82, 2.24) is 0 Å². The smallest absolute Gasteiger partial charge is 0.317 e. The summed E-state index contributed by atoms with van der Waals surface area (Å²) in [5, 5.41) is 0. The lowest BCUT2D eigenvalue weighted by molar-refractivity contribution is -0.148. The largest absolute Gasteiger partial charge is 0.468 e. The van der Waals surface area contributed by atoms with Crippen molar-refractivity contribution in [3.8, 4) is 0 Å². The zero-order valence-electron chi connectivity index (χ0n) is 12.2. The first-order chi connectivity index (χ1) is 9.64. The standard InChI is InChI=1S/C16H23NO3/c1-12-6-3-4-8-14(12)16(11-17,15(18)19-2)10-13-7-5-9-20-13/h3-4,6,8,13H,5,7,9-11,17H2,1-2H3. The van der Waals surface area contributed by atoms with Crippen LogP contribution in [0.1, 0.15) is 30.4 Å². The lowest BCUT2D eigenvalue weighted by Gasteiger charge is -2.33. The molecule has 1 aliphatic heterocycles. The van der Waals surface area contributed by atoms with Gasteiger partial charge in [-0.1, -0.05) is 24.3 Å². The summed E-state index contributed by atoms with van der Waals surface area (Å²) >= 11 is 0. The van der Waals surface area contributed by atoms with E-state index in [0.717, 1.165) is 30.6 Å². The van der Waals surface area contributed by atoms with Crippen LogP contribution in [0.5, 0.6) is 0 Å². The summed E-state index contributed by atoms with van der Waals surface area (Å²) < 4.78 is 10.8. The lowest BCUT2D eigenvalue weighted by atomic mass is 9.74. The molecule has 1 fully saturated rings. The molecule has 110 valence electrons. The van der Waals surface area contributed by atoms with Crippen molar-refractivity contribution in [3.05, 3.63) is 35.4 Å². The molecule has 2 N–H and O–H groups in total. The van der Waals surface area contributed by atoms with Gasteiger partial charge >= 0.3 is 5.97 Å². The Morgan fingerprint density at radius 3 is 2.80 bits per heavy atom. The molecule has 1 aromatic carbocycles. The Bertz CT molecular complexity index is 469. The molecule has 0 radical (unpaired) electrons. The maximum Gasteiger partial charge on any atom is 0.317 e. The second-order valence-electron chi connectivity index (χ2n) is 5.43. The van der Waals surface area contributed by atoms with E-state index in [-0.39, 0.29) is 18.6 Å². The van der Waals surface area contributed by atoms with Gasteiger partial charge in [-0.2, -0.15) is 0 Å². The molecule has 0 aliphatic carbocycles.